The maximum atomic E-state index is 11.2. The Morgan fingerprint density at radius 2 is 2.33 bits per heavy atom. The molecule has 0 aromatic rings. The van der Waals surface area contributed by atoms with E-state index in [1.54, 1.807) is 0 Å². The molecule has 1 fully saturated rings. The molecule has 1 heteroatoms. The zero-order chi connectivity index (χ0) is 8.81. The lowest BCUT2D eigenvalue weighted by atomic mass is 9.97. The van der Waals surface area contributed by atoms with Crippen LogP contribution in [0.15, 0.2) is 0 Å². The molecule has 1 aliphatic carbocycles. The molecule has 0 aliphatic heterocycles. The van der Waals surface area contributed by atoms with Gasteiger partial charge in [0.15, 0.2) is 0 Å². The van der Waals surface area contributed by atoms with Crippen LogP contribution in [0.5, 0.6) is 0 Å². The summed E-state index contributed by atoms with van der Waals surface area (Å²) in [4.78, 5) is 11.2. The van der Waals surface area contributed by atoms with Crippen LogP contribution in [0, 0.1) is 17.8 Å². The Labute approximate surface area is 74.5 Å². The van der Waals surface area contributed by atoms with E-state index in [1.807, 2.05) is 6.92 Å². The number of carbonyl (C=O) groups excluding carboxylic acids is 1. The van der Waals surface area contributed by atoms with E-state index in [-0.39, 0.29) is 0 Å². The number of hydrogen-bond donors (Lipinski definition) is 0. The van der Waals surface area contributed by atoms with Crippen LogP contribution in [0.3, 0.4) is 0 Å². The molecule has 0 N–H and O–H groups in total. The fourth-order valence-electron chi connectivity index (χ4n) is 1.70. The smallest absolute Gasteiger partial charge is 0.133 e. The quantitative estimate of drug-likeness (QED) is 0.430. The van der Waals surface area contributed by atoms with E-state index in [0.29, 0.717) is 11.7 Å². The highest BCUT2D eigenvalue weighted by molar-refractivity contribution is 5.78. The van der Waals surface area contributed by atoms with Crippen molar-refractivity contribution in [3.05, 3.63) is 0 Å². The van der Waals surface area contributed by atoms with E-state index in [2.05, 4.69) is 11.8 Å². The lowest BCUT2D eigenvalue weighted by Gasteiger charge is -2.07. The predicted octanol–water partition coefficient (Wildman–Crippen LogP) is 2.55. The standard InChI is InChI=1S/C11H16O/c1-2-3-6-10-7-4-5-8-11(12)9-10/h10H,4-9H2,1H3. The average molecular weight is 164 g/mol. The lowest BCUT2D eigenvalue weighted by molar-refractivity contribution is -0.119. The minimum atomic E-state index is 0.440. The molecule has 12 heavy (non-hydrogen) atoms. The lowest BCUT2D eigenvalue weighted by Crippen LogP contribution is -2.03. The van der Waals surface area contributed by atoms with Gasteiger partial charge in [-0.05, 0) is 25.7 Å². The zero-order valence-corrected chi connectivity index (χ0v) is 7.73. The highest BCUT2D eigenvalue weighted by atomic mass is 16.1. The van der Waals surface area contributed by atoms with Crippen molar-refractivity contribution in [3.63, 3.8) is 0 Å². The first-order valence-corrected chi connectivity index (χ1v) is 4.74. The fourth-order valence-corrected chi connectivity index (χ4v) is 1.70. The predicted molar refractivity (Wildman–Crippen MR) is 49.6 cm³/mol. The van der Waals surface area contributed by atoms with Crippen molar-refractivity contribution in [3.8, 4) is 11.8 Å². The van der Waals surface area contributed by atoms with Crippen molar-refractivity contribution < 1.29 is 4.79 Å². The summed E-state index contributed by atoms with van der Waals surface area (Å²) in [6, 6.07) is 0. The zero-order valence-electron chi connectivity index (χ0n) is 7.73. The van der Waals surface area contributed by atoms with Gasteiger partial charge in [-0.1, -0.05) is 6.42 Å². The number of rotatable bonds is 1. The van der Waals surface area contributed by atoms with E-state index in [9.17, 15) is 4.79 Å². The molecule has 0 radical (unpaired) electrons. The molecule has 0 aromatic carbocycles. The highest BCUT2D eigenvalue weighted by Crippen LogP contribution is 2.22. The van der Waals surface area contributed by atoms with Crippen molar-refractivity contribution in [2.75, 3.05) is 0 Å². The summed E-state index contributed by atoms with van der Waals surface area (Å²) in [7, 11) is 0. The first kappa shape index (κ1) is 9.32. The first-order chi connectivity index (χ1) is 5.83. The van der Waals surface area contributed by atoms with Gasteiger partial charge in [-0.2, -0.15) is 0 Å². The van der Waals surface area contributed by atoms with Crippen LogP contribution >= 0.6 is 0 Å². The van der Waals surface area contributed by atoms with Gasteiger partial charge in [-0.15, -0.1) is 11.8 Å². The normalized spacial score (nSPS) is 24.1. The van der Waals surface area contributed by atoms with E-state index in [0.717, 1.165) is 25.7 Å². The Bertz CT molecular complexity index is 207. The summed E-state index contributed by atoms with van der Waals surface area (Å²) in [6.07, 6.45) is 5.99. The largest absolute Gasteiger partial charge is 0.300 e. The Balaban J connectivity index is 2.39. The van der Waals surface area contributed by atoms with Gasteiger partial charge in [-0.25, -0.2) is 0 Å². The molecule has 0 saturated heterocycles. The van der Waals surface area contributed by atoms with Crippen LogP contribution in [-0.4, -0.2) is 5.78 Å². The Kier molecular flexibility index (Phi) is 3.87. The van der Waals surface area contributed by atoms with Crippen LogP contribution in [0.4, 0.5) is 0 Å². The molecular formula is C11H16O. The molecule has 1 unspecified atom stereocenters. The third-order valence-electron chi connectivity index (χ3n) is 2.40. The Morgan fingerprint density at radius 3 is 3.08 bits per heavy atom. The maximum Gasteiger partial charge on any atom is 0.133 e. The Morgan fingerprint density at radius 1 is 1.50 bits per heavy atom. The molecular weight excluding hydrogens is 148 g/mol. The minimum absolute atomic E-state index is 0.440. The molecule has 1 atom stereocenters. The maximum absolute atomic E-state index is 11.2. The van der Waals surface area contributed by atoms with Gasteiger partial charge in [0.1, 0.15) is 5.78 Å². The summed E-state index contributed by atoms with van der Waals surface area (Å²) >= 11 is 0. The molecule has 66 valence electrons. The molecule has 1 nitrogen and oxygen atoms in total. The molecule has 0 heterocycles. The molecule has 0 bridgehead atoms. The van der Waals surface area contributed by atoms with Crippen molar-refractivity contribution in [1.82, 2.24) is 0 Å². The average Bonchev–Trinajstić information content (AvgIpc) is 2.26. The van der Waals surface area contributed by atoms with E-state index in [1.165, 1.54) is 12.8 Å². The summed E-state index contributed by atoms with van der Waals surface area (Å²) in [5, 5.41) is 0. The van der Waals surface area contributed by atoms with Gasteiger partial charge in [0.05, 0.1) is 0 Å². The van der Waals surface area contributed by atoms with Crippen LogP contribution in [0.25, 0.3) is 0 Å². The van der Waals surface area contributed by atoms with Gasteiger partial charge in [-0.3, -0.25) is 4.79 Å². The molecule has 0 amide bonds. The monoisotopic (exact) mass is 164 g/mol. The van der Waals surface area contributed by atoms with Gasteiger partial charge < -0.3 is 0 Å². The van der Waals surface area contributed by atoms with Gasteiger partial charge in [0, 0.05) is 19.3 Å². The Hall–Kier alpha value is -0.770. The van der Waals surface area contributed by atoms with Crippen molar-refractivity contribution in [2.24, 2.45) is 5.92 Å². The van der Waals surface area contributed by atoms with E-state index < -0.39 is 0 Å². The highest BCUT2D eigenvalue weighted by Gasteiger charge is 2.16. The summed E-state index contributed by atoms with van der Waals surface area (Å²) < 4.78 is 0. The van der Waals surface area contributed by atoms with Gasteiger partial charge >= 0.3 is 0 Å². The summed E-state index contributed by atoms with van der Waals surface area (Å²) in [5.41, 5.74) is 0. The molecule has 1 saturated carbocycles. The third kappa shape index (κ3) is 3.09. The van der Waals surface area contributed by atoms with Crippen molar-refractivity contribution in [2.45, 2.75) is 45.4 Å². The SMILES string of the molecule is CC#CCC1CCCCC(=O)C1. The third-order valence-corrected chi connectivity index (χ3v) is 2.40. The van der Waals surface area contributed by atoms with Gasteiger partial charge in [0.2, 0.25) is 0 Å². The molecule has 1 aliphatic rings. The first-order valence-electron chi connectivity index (χ1n) is 4.74. The van der Waals surface area contributed by atoms with Crippen molar-refractivity contribution in [1.29, 1.82) is 0 Å². The van der Waals surface area contributed by atoms with Crippen LogP contribution < -0.4 is 0 Å². The van der Waals surface area contributed by atoms with Crippen LogP contribution in [-0.2, 0) is 4.79 Å². The minimum Gasteiger partial charge on any atom is -0.300 e. The molecule has 0 aromatic heterocycles. The van der Waals surface area contributed by atoms with Crippen LogP contribution in [0.1, 0.15) is 45.4 Å². The van der Waals surface area contributed by atoms with Crippen molar-refractivity contribution >= 4 is 5.78 Å². The number of hydrogen-bond acceptors (Lipinski definition) is 1. The number of Topliss-reactive ketones (excluding diaryl/α,β-unsaturated/α-hetero) is 1. The number of ketones is 1. The van der Waals surface area contributed by atoms with Crippen LogP contribution in [0.2, 0.25) is 0 Å². The van der Waals surface area contributed by atoms with Gasteiger partial charge in [0.25, 0.3) is 0 Å². The second-order valence-corrected chi connectivity index (χ2v) is 3.49. The fraction of sp³-hybridized carbons (Fsp3) is 0.727. The second-order valence-electron chi connectivity index (χ2n) is 3.49. The van der Waals surface area contributed by atoms with E-state index >= 15 is 0 Å². The number of carbonyl (C=O) groups is 1. The second kappa shape index (κ2) is 4.98. The van der Waals surface area contributed by atoms with E-state index in [4.69, 9.17) is 0 Å². The summed E-state index contributed by atoms with van der Waals surface area (Å²) in [5.74, 6) is 6.94. The topological polar surface area (TPSA) is 17.1 Å². The molecule has 1 rings (SSSR count). The summed E-state index contributed by atoms with van der Waals surface area (Å²) in [6.45, 7) is 1.86. The molecule has 0 spiro atoms.